The lowest BCUT2D eigenvalue weighted by Crippen LogP contribution is -2.37. The van der Waals surface area contributed by atoms with Crippen LogP contribution in [0.25, 0.3) is 0 Å². The van der Waals surface area contributed by atoms with Gasteiger partial charge in [0.1, 0.15) is 11.5 Å². The van der Waals surface area contributed by atoms with Crippen LogP contribution >= 0.6 is 0 Å². The Balaban J connectivity index is 1.97. The minimum Gasteiger partial charge on any atom is -0.388 e. The van der Waals surface area contributed by atoms with Crippen molar-refractivity contribution in [3.8, 4) is 0 Å². The van der Waals surface area contributed by atoms with E-state index < -0.39 is 11.9 Å². The normalized spacial score (nSPS) is 17.7. The van der Waals surface area contributed by atoms with Gasteiger partial charge in [0.2, 0.25) is 0 Å². The average Bonchev–Trinajstić information content (AvgIpc) is 2.48. The smallest absolute Gasteiger partial charge is 0.276 e. The van der Waals surface area contributed by atoms with Crippen molar-refractivity contribution in [2.75, 3.05) is 11.4 Å². The zero-order chi connectivity index (χ0) is 14.1. The van der Waals surface area contributed by atoms with Gasteiger partial charge in [-0.25, -0.2) is 9.37 Å². The maximum Gasteiger partial charge on any atom is 0.276 e. The number of para-hydroxylation sites is 1. The van der Waals surface area contributed by atoms with Crippen LogP contribution in [0.4, 0.5) is 10.1 Å². The number of fused-ring (bicyclic) bond motifs is 1. The molecule has 1 N–H and O–H groups in total. The summed E-state index contributed by atoms with van der Waals surface area (Å²) in [7, 11) is 0. The van der Waals surface area contributed by atoms with Crippen molar-refractivity contribution in [3.63, 3.8) is 0 Å². The van der Waals surface area contributed by atoms with Gasteiger partial charge < -0.3 is 10.0 Å². The van der Waals surface area contributed by atoms with Crippen molar-refractivity contribution >= 4 is 11.6 Å². The molecule has 1 amide bonds. The zero-order valence-corrected chi connectivity index (χ0v) is 10.7. The van der Waals surface area contributed by atoms with Gasteiger partial charge in [0.15, 0.2) is 0 Å². The Morgan fingerprint density at radius 1 is 1.30 bits per heavy atom. The van der Waals surface area contributed by atoms with Crippen LogP contribution in [0.15, 0.2) is 42.6 Å². The van der Waals surface area contributed by atoms with Crippen LogP contribution in [0.1, 0.15) is 28.6 Å². The number of aliphatic hydroxyl groups is 1. The molecule has 0 saturated carbocycles. The van der Waals surface area contributed by atoms with E-state index in [1.807, 2.05) is 12.1 Å². The Morgan fingerprint density at radius 2 is 2.10 bits per heavy atom. The van der Waals surface area contributed by atoms with Crippen molar-refractivity contribution in [1.82, 2.24) is 4.98 Å². The molecule has 0 radical (unpaired) electrons. The summed E-state index contributed by atoms with van der Waals surface area (Å²) >= 11 is 0. The van der Waals surface area contributed by atoms with E-state index in [2.05, 4.69) is 4.98 Å². The quantitative estimate of drug-likeness (QED) is 0.866. The van der Waals surface area contributed by atoms with Crippen molar-refractivity contribution < 1.29 is 14.3 Å². The van der Waals surface area contributed by atoms with Gasteiger partial charge in [-0.2, -0.15) is 0 Å². The first-order valence-corrected chi connectivity index (χ1v) is 6.37. The fourth-order valence-electron chi connectivity index (χ4n) is 2.39. The van der Waals surface area contributed by atoms with E-state index in [-0.39, 0.29) is 11.6 Å². The number of aromatic nitrogens is 1. The standard InChI is InChI=1S/C15H13FN2O2/c16-10-5-6-12(17-9-10)15(20)18-8-7-14(19)11-3-1-2-4-13(11)18/h1-6,9,14,19H,7-8H2. The van der Waals surface area contributed by atoms with Gasteiger partial charge in [0, 0.05) is 17.8 Å². The third kappa shape index (κ3) is 2.16. The summed E-state index contributed by atoms with van der Waals surface area (Å²) in [6.45, 7) is 0.413. The van der Waals surface area contributed by atoms with E-state index in [9.17, 15) is 14.3 Å². The average molecular weight is 272 g/mol. The number of hydrogen-bond acceptors (Lipinski definition) is 3. The van der Waals surface area contributed by atoms with Gasteiger partial charge in [-0.1, -0.05) is 18.2 Å². The third-order valence-electron chi connectivity index (χ3n) is 3.40. The first-order valence-electron chi connectivity index (χ1n) is 6.37. The first-order chi connectivity index (χ1) is 9.66. The van der Waals surface area contributed by atoms with Crippen molar-refractivity contribution in [2.45, 2.75) is 12.5 Å². The summed E-state index contributed by atoms with van der Waals surface area (Å²) < 4.78 is 12.9. The Morgan fingerprint density at radius 3 is 2.85 bits per heavy atom. The molecule has 0 aliphatic carbocycles. The maximum absolute atomic E-state index is 12.9. The molecule has 0 bridgehead atoms. The van der Waals surface area contributed by atoms with E-state index in [0.29, 0.717) is 18.7 Å². The number of halogens is 1. The van der Waals surface area contributed by atoms with Crippen LogP contribution in [0.5, 0.6) is 0 Å². The number of benzene rings is 1. The van der Waals surface area contributed by atoms with E-state index in [0.717, 1.165) is 11.8 Å². The number of carbonyl (C=O) groups is 1. The molecule has 3 rings (SSSR count). The number of anilines is 1. The fourth-order valence-corrected chi connectivity index (χ4v) is 2.39. The molecule has 0 spiro atoms. The highest BCUT2D eigenvalue weighted by atomic mass is 19.1. The minimum absolute atomic E-state index is 0.192. The number of aliphatic hydroxyl groups excluding tert-OH is 1. The summed E-state index contributed by atoms with van der Waals surface area (Å²) in [6, 6.07) is 9.81. The van der Waals surface area contributed by atoms with Gasteiger partial charge in [-0.05, 0) is 24.6 Å². The van der Waals surface area contributed by atoms with Crippen molar-refractivity contribution in [3.05, 3.63) is 59.7 Å². The molecule has 5 heteroatoms. The SMILES string of the molecule is O=C(c1ccc(F)cn1)N1CCC(O)c2ccccc21. The molecule has 1 aliphatic rings. The van der Waals surface area contributed by atoms with Gasteiger partial charge in [-0.15, -0.1) is 0 Å². The highest BCUT2D eigenvalue weighted by Crippen LogP contribution is 2.34. The molecule has 102 valence electrons. The highest BCUT2D eigenvalue weighted by Gasteiger charge is 2.28. The van der Waals surface area contributed by atoms with Gasteiger partial charge in [0.25, 0.3) is 5.91 Å². The second-order valence-corrected chi connectivity index (χ2v) is 4.68. The molecule has 2 heterocycles. The number of carbonyl (C=O) groups excluding carboxylic acids is 1. The lowest BCUT2D eigenvalue weighted by atomic mass is 9.98. The molecule has 1 aliphatic heterocycles. The number of amides is 1. The summed E-state index contributed by atoms with van der Waals surface area (Å²) in [4.78, 5) is 17.8. The second kappa shape index (κ2) is 5.02. The molecular formula is C15H13FN2O2. The van der Waals surface area contributed by atoms with Crippen LogP contribution < -0.4 is 4.90 Å². The zero-order valence-electron chi connectivity index (χ0n) is 10.7. The molecule has 0 fully saturated rings. The van der Waals surface area contributed by atoms with Gasteiger partial charge in [-0.3, -0.25) is 4.79 Å². The van der Waals surface area contributed by atoms with Crippen LogP contribution in [0.3, 0.4) is 0 Å². The van der Waals surface area contributed by atoms with E-state index in [1.54, 1.807) is 17.0 Å². The Labute approximate surface area is 115 Å². The molecular weight excluding hydrogens is 259 g/mol. The van der Waals surface area contributed by atoms with Gasteiger partial charge in [0.05, 0.1) is 12.3 Å². The number of rotatable bonds is 1. The van der Waals surface area contributed by atoms with Crippen molar-refractivity contribution in [1.29, 1.82) is 0 Å². The topological polar surface area (TPSA) is 53.4 Å². The number of pyridine rings is 1. The predicted molar refractivity (Wildman–Crippen MR) is 71.9 cm³/mol. The largest absolute Gasteiger partial charge is 0.388 e. The Kier molecular flexibility index (Phi) is 3.20. The van der Waals surface area contributed by atoms with E-state index >= 15 is 0 Å². The third-order valence-corrected chi connectivity index (χ3v) is 3.40. The van der Waals surface area contributed by atoms with E-state index in [1.165, 1.54) is 12.1 Å². The molecule has 4 nitrogen and oxygen atoms in total. The molecule has 2 aromatic rings. The van der Waals surface area contributed by atoms with E-state index in [4.69, 9.17) is 0 Å². The lowest BCUT2D eigenvalue weighted by Gasteiger charge is -2.31. The number of nitrogens with zero attached hydrogens (tertiary/aromatic N) is 2. The summed E-state index contributed by atoms with van der Waals surface area (Å²) in [6.07, 6.45) is 0.943. The van der Waals surface area contributed by atoms with Gasteiger partial charge >= 0.3 is 0 Å². The molecule has 1 atom stereocenters. The summed E-state index contributed by atoms with van der Waals surface area (Å²) in [5, 5.41) is 9.96. The Hall–Kier alpha value is -2.27. The summed E-state index contributed by atoms with van der Waals surface area (Å²) in [5.41, 5.74) is 1.61. The molecule has 1 aromatic heterocycles. The molecule has 1 aromatic carbocycles. The second-order valence-electron chi connectivity index (χ2n) is 4.68. The Bertz CT molecular complexity index is 643. The molecule has 0 saturated heterocycles. The van der Waals surface area contributed by atoms with Crippen molar-refractivity contribution in [2.24, 2.45) is 0 Å². The fraction of sp³-hybridized carbons (Fsp3) is 0.200. The molecule has 20 heavy (non-hydrogen) atoms. The first kappa shape index (κ1) is 12.7. The minimum atomic E-state index is -0.559. The monoisotopic (exact) mass is 272 g/mol. The lowest BCUT2D eigenvalue weighted by molar-refractivity contribution is 0.0965. The highest BCUT2D eigenvalue weighted by molar-refractivity contribution is 6.05. The summed E-state index contributed by atoms with van der Waals surface area (Å²) in [5.74, 6) is -0.764. The maximum atomic E-state index is 12.9. The molecule has 1 unspecified atom stereocenters. The number of hydrogen-bond donors (Lipinski definition) is 1. The van der Waals surface area contributed by atoms with Crippen LogP contribution in [-0.2, 0) is 0 Å². The van der Waals surface area contributed by atoms with Crippen LogP contribution in [-0.4, -0.2) is 22.5 Å². The van der Waals surface area contributed by atoms with Crippen LogP contribution in [0.2, 0.25) is 0 Å². The van der Waals surface area contributed by atoms with Crippen LogP contribution in [0, 0.1) is 5.82 Å². The predicted octanol–water partition coefficient (Wildman–Crippen LogP) is 2.30.